The lowest BCUT2D eigenvalue weighted by molar-refractivity contribution is 0.680. The first-order chi connectivity index (χ1) is 8.76. The van der Waals surface area contributed by atoms with Gasteiger partial charge in [-0.05, 0) is 67.3 Å². The number of hydrogen-bond donors (Lipinski definition) is 1. The van der Waals surface area contributed by atoms with Crippen molar-refractivity contribution in [1.29, 1.82) is 0 Å². The minimum Gasteiger partial charge on any atom is -0.330 e. The summed E-state index contributed by atoms with van der Waals surface area (Å²) in [5.41, 5.74) is 11.8. The molecular formula is C17H29N. The maximum atomic E-state index is 5.56. The molecule has 0 aliphatic rings. The number of unbranched alkanes of at least 4 members (excludes halogenated alkanes) is 2. The highest BCUT2D eigenvalue weighted by Crippen LogP contribution is 2.22. The normalized spacial score (nSPS) is 10.9. The van der Waals surface area contributed by atoms with Gasteiger partial charge in [-0.3, -0.25) is 0 Å². The van der Waals surface area contributed by atoms with E-state index in [1.54, 1.807) is 16.7 Å². The number of aryl methyl sites for hydroxylation is 3. The Bertz CT molecular complexity index is 330. The lowest BCUT2D eigenvalue weighted by atomic mass is 9.90. The molecule has 1 nitrogen and oxygen atoms in total. The molecule has 0 amide bonds. The number of benzene rings is 1. The summed E-state index contributed by atoms with van der Waals surface area (Å²) in [5.74, 6) is 0. The van der Waals surface area contributed by atoms with Gasteiger partial charge in [0.2, 0.25) is 0 Å². The van der Waals surface area contributed by atoms with Crippen LogP contribution in [0.1, 0.15) is 62.3 Å². The monoisotopic (exact) mass is 247 g/mol. The molecule has 18 heavy (non-hydrogen) atoms. The van der Waals surface area contributed by atoms with Gasteiger partial charge in [0.25, 0.3) is 0 Å². The molecule has 0 aromatic heterocycles. The van der Waals surface area contributed by atoms with E-state index in [9.17, 15) is 0 Å². The number of nitrogens with two attached hydrogens (primary N) is 1. The summed E-state index contributed by atoms with van der Waals surface area (Å²) in [5, 5.41) is 0. The third-order valence-corrected chi connectivity index (χ3v) is 3.80. The van der Waals surface area contributed by atoms with Crippen molar-refractivity contribution < 1.29 is 0 Å². The van der Waals surface area contributed by atoms with Crippen molar-refractivity contribution in [2.45, 2.75) is 65.7 Å². The van der Waals surface area contributed by atoms with Crippen LogP contribution in [0, 0.1) is 0 Å². The van der Waals surface area contributed by atoms with E-state index in [0.29, 0.717) is 0 Å². The van der Waals surface area contributed by atoms with Gasteiger partial charge in [-0.1, -0.05) is 39.3 Å². The largest absolute Gasteiger partial charge is 0.330 e. The van der Waals surface area contributed by atoms with Crippen LogP contribution in [0.2, 0.25) is 0 Å². The summed E-state index contributed by atoms with van der Waals surface area (Å²) in [7, 11) is 0. The minimum absolute atomic E-state index is 0.829. The van der Waals surface area contributed by atoms with Crippen LogP contribution in [0.4, 0.5) is 0 Å². The second-order valence-electron chi connectivity index (χ2n) is 5.05. The predicted molar refractivity (Wildman–Crippen MR) is 81.2 cm³/mol. The van der Waals surface area contributed by atoms with Crippen LogP contribution in [-0.4, -0.2) is 6.54 Å². The highest BCUT2D eigenvalue weighted by Gasteiger charge is 2.08. The molecule has 0 atom stereocenters. The SMILES string of the molecule is CCc1cc(CC)c(CCCCCN)c(CC)c1. The van der Waals surface area contributed by atoms with E-state index in [4.69, 9.17) is 5.73 Å². The summed E-state index contributed by atoms with van der Waals surface area (Å²) >= 11 is 0. The molecule has 0 radical (unpaired) electrons. The van der Waals surface area contributed by atoms with Crippen LogP contribution in [0.25, 0.3) is 0 Å². The van der Waals surface area contributed by atoms with Crippen LogP contribution in [0.15, 0.2) is 12.1 Å². The second-order valence-corrected chi connectivity index (χ2v) is 5.05. The van der Waals surface area contributed by atoms with E-state index in [1.165, 1.54) is 24.8 Å². The Morgan fingerprint density at radius 2 is 1.44 bits per heavy atom. The van der Waals surface area contributed by atoms with Gasteiger partial charge in [0.15, 0.2) is 0 Å². The van der Waals surface area contributed by atoms with Gasteiger partial charge in [0, 0.05) is 0 Å². The lowest BCUT2D eigenvalue weighted by Gasteiger charge is -2.15. The van der Waals surface area contributed by atoms with E-state index in [1.807, 2.05) is 0 Å². The van der Waals surface area contributed by atoms with Crippen LogP contribution in [0.3, 0.4) is 0 Å². The molecule has 1 aromatic rings. The molecule has 0 aliphatic heterocycles. The van der Waals surface area contributed by atoms with Gasteiger partial charge >= 0.3 is 0 Å². The van der Waals surface area contributed by atoms with E-state index in [2.05, 4.69) is 32.9 Å². The number of rotatable bonds is 8. The molecule has 0 bridgehead atoms. The van der Waals surface area contributed by atoms with Crippen LogP contribution in [-0.2, 0) is 25.7 Å². The zero-order valence-electron chi connectivity index (χ0n) is 12.4. The summed E-state index contributed by atoms with van der Waals surface area (Å²) in [4.78, 5) is 0. The first kappa shape index (κ1) is 15.2. The maximum absolute atomic E-state index is 5.56. The Morgan fingerprint density at radius 1 is 0.833 bits per heavy atom. The Hall–Kier alpha value is -0.820. The number of hydrogen-bond acceptors (Lipinski definition) is 1. The fourth-order valence-electron chi connectivity index (χ4n) is 2.65. The Kier molecular flexibility index (Phi) is 7.04. The van der Waals surface area contributed by atoms with Crippen molar-refractivity contribution in [2.24, 2.45) is 5.73 Å². The van der Waals surface area contributed by atoms with Crippen molar-refractivity contribution in [2.75, 3.05) is 6.54 Å². The molecule has 1 heteroatoms. The van der Waals surface area contributed by atoms with E-state index in [-0.39, 0.29) is 0 Å². The average Bonchev–Trinajstić information content (AvgIpc) is 2.42. The van der Waals surface area contributed by atoms with Gasteiger partial charge in [-0.25, -0.2) is 0 Å². The van der Waals surface area contributed by atoms with Crippen LogP contribution < -0.4 is 5.73 Å². The summed E-state index contributed by atoms with van der Waals surface area (Å²) in [6, 6.07) is 4.83. The van der Waals surface area contributed by atoms with Gasteiger partial charge in [0.05, 0.1) is 0 Å². The Morgan fingerprint density at radius 3 is 1.89 bits per heavy atom. The van der Waals surface area contributed by atoms with E-state index >= 15 is 0 Å². The summed E-state index contributed by atoms with van der Waals surface area (Å²) in [6.45, 7) is 7.63. The van der Waals surface area contributed by atoms with Crippen molar-refractivity contribution in [3.63, 3.8) is 0 Å². The standard InChI is InChI=1S/C17H29N/c1-4-14-12-15(5-2)17(16(6-3)13-14)10-8-7-9-11-18/h12-13H,4-11,18H2,1-3H3. The summed E-state index contributed by atoms with van der Waals surface area (Å²) in [6.07, 6.45) is 8.40. The molecule has 0 spiro atoms. The maximum Gasteiger partial charge on any atom is -0.00773 e. The molecule has 102 valence electrons. The fourth-order valence-corrected chi connectivity index (χ4v) is 2.65. The summed E-state index contributed by atoms with van der Waals surface area (Å²) < 4.78 is 0. The van der Waals surface area contributed by atoms with Gasteiger partial charge in [-0.15, -0.1) is 0 Å². The molecular weight excluding hydrogens is 218 g/mol. The second kappa shape index (κ2) is 8.31. The van der Waals surface area contributed by atoms with Crippen molar-refractivity contribution in [3.8, 4) is 0 Å². The van der Waals surface area contributed by atoms with Crippen molar-refractivity contribution in [1.82, 2.24) is 0 Å². The van der Waals surface area contributed by atoms with E-state index in [0.717, 1.165) is 32.2 Å². The Labute approximate surface area is 113 Å². The Balaban J connectivity index is 2.85. The predicted octanol–water partition coefficient (Wildman–Crippen LogP) is 4.05. The van der Waals surface area contributed by atoms with Gasteiger partial charge < -0.3 is 5.73 Å². The van der Waals surface area contributed by atoms with Crippen LogP contribution >= 0.6 is 0 Å². The molecule has 0 heterocycles. The third-order valence-electron chi connectivity index (χ3n) is 3.80. The topological polar surface area (TPSA) is 26.0 Å². The molecule has 1 rings (SSSR count). The van der Waals surface area contributed by atoms with Crippen molar-refractivity contribution in [3.05, 3.63) is 34.4 Å². The molecule has 1 aromatic carbocycles. The molecule has 2 N–H and O–H groups in total. The van der Waals surface area contributed by atoms with E-state index < -0.39 is 0 Å². The zero-order valence-corrected chi connectivity index (χ0v) is 12.4. The van der Waals surface area contributed by atoms with Gasteiger partial charge in [-0.2, -0.15) is 0 Å². The zero-order chi connectivity index (χ0) is 13.4. The third kappa shape index (κ3) is 4.13. The highest BCUT2D eigenvalue weighted by molar-refractivity contribution is 5.39. The molecule has 0 aliphatic carbocycles. The quantitative estimate of drug-likeness (QED) is 0.689. The lowest BCUT2D eigenvalue weighted by Crippen LogP contribution is -2.03. The van der Waals surface area contributed by atoms with Crippen LogP contribution in [0.5, 0.6) is 0 Å². The minimum atomic E-state index is 0.829. The molecule has 0 unspecified atom stereocenters. The fraction of sp³-hybridized carbons (Fsp3) is 0.647. The highest BCUT2D eigenvalue weighted by atomic mass is 14.5. The average molecular weight is 247 g/mol. The van der Waals surface area contributed by atoms with Gasteiger partial charge in [0.1, 0.15) is 0 Å². The smallest absolute Gasteiger partial charge is 0.00773 e. The first-order valence-electron chi connectivity index (χ1n) is 7.60. The molecule has 0 fully saturated rings. The molecule has 0 saturated heterocycles. The van der Waals surface area contributed by atoms with Crippen molar-refractivity contribution >= 4 is 0 Å². The first-order valence-corrected chi connectivity index (χ1v) is 7.60. The molecule has 0 saturated carbocycles.